The van der Waals surface area contributed by atoms with E-state index in [9.17, 15) is 9.59 Å². The topological polar surface area (TPSA) is 46.2 Å². The molecule has 2 rings (SSSR count). The Labute approximate surface area is 115 Å². The highest BCUT2D eigenvalue weighted by molar-refractivity contribution is 9.10. The Kier molecular flexibility index (Phi) is 4.53. The van der Waals surface area contributed by atoms with Gasteiger partial charge in [0.15, 0.2) is 0 Å². The lowest BCUT2D eigenvalue weighted by molar-refractivity contribution is -0.128. The average Bonchev–Trinajstić information content (AvgIpc) is 2.38. The molecule has 0 heterocycles. The van der Waals surface area contributed by atoms with Crippen molar-refractivity contribution in [1.29, 1.82) is 0 Å². The van der Waals surface area contributed by atoms with Crippen LogP contribution in [0.4, 0.5) is 0 Å². The third-order valence-corrected chi connectivity index (χ3v) is 4.10. The van der Waals surface area contributed by atoms with Crippen molar-refractivity contribution in [2.75, 3.05) is 0 Å². The van der Waals surface area contributed by atoms with Crippen molar-refractivity contribution in [2.24, 2.45) is 5.92 Å². The third kappa shape index (κ3) is 3.42. The molecule has 1 amide bonds. The Morgan fingerprint density at radius 1 is 1.28 bits per heavy atom. The molecule has 0 aliphatic heterocycles. The van der Waals surface area contributed by atoms with Crippen LogP contribution in [0.15, 0.2) is 28.7 Å². The fraction of sp³-hybridized carbons (Fsp3) is 0.429. The van der Waals surface area contributed by atoms with Crippen LogP contribution in [0.25, 0.3) is 0 Å². The summed E-state index contributed by atoms with van der Waals surface area (Å²) in [6.07, 6.45) is 2.49. The van der Waals surface area contributed by atoms with E-state index in [0.717, 1.165) is 10.0 Å². The molecule has 18 heavy (non-hydrogen) atoms. The van der Waals surface area contributed by atoms with Crippen molar-refractivity contribution < 1.29 is 9.59 Å². The summed E-state index contributed by atoms with van der Waals surface area (Å²) < 4.78 is 1.00. The first kappa shape index (κ1) is 13.3. The number of benzene rings is 1. The molecule has 0 bridgehead atoms. The van der Waals surface area contributed by atoms with Crippen LogP contribution in [0.2, 0.25) is 0 Å². The summed E-state index contributed by atoms with van der Waals surface area (Å²) in [4.78, 5) is 23.1. The Balaban J connectivity index is 1.85. The van der Waals surface area contributed by atoms with Crippen LogP contribution < -0.4 is 5.32 Å². The second-order valence-corrected chi connectivity index (χ2v) is 5.48. The van der Waals surface area contributed by atoms with E-state index < -0.39 is 0 Å². The van der Waals surface area contributed by atoms with Crippen molar-refractivity contribution >= 4 is 27.6 Å². The molecule has 0 atom stereocenters. The van der Waals surface area contributed by atoms with Gasteiger partial charge in [-0.25, -0.2) is 0 Å². The second kappa shape index (κ2) is 6.14. The molecule has 1 aromatic carbocycles. The number of ketones is 1. The van der Waals surface area contributed by atoms with E-state index in [2.05, 4.69) is 21.2 Å². The first-order chi connectivity index (χ1) is 8.66. The summed E-state index contributed by atoms with van der Waals surface area (Å²) in [5.74, 6) is 0.355. The standard InChI is InChI=1S/C14H16BrNO2/c15-13-4-2-1-3-11(13)9-16-14(18)10-5-7-12(17)8-6-10/h1-4,10H,5-9H2,(H,16,18). The van der Waals surface area contributed by atoms with E-state index >= 15 is 0 Å². The maximum Gasteiger partial charge on any atom is 0.223 e. The summed E-state index contributed by atoms with van der Waals surface area (Å²) >= 11 is 3.45. The van der Waals surface area contributed by atoms with Gasteiger partial charge in [-0.15, -0.1) is 0 Å². The predicted octanol–water partition coefficient (Wildman–Crippen LogP) is 2.82. The first-order valence-corrected chi connectivity index (χ1v) is 6.99. The number of carbonyl (C=O) groups excluding carboxylic acids is 2. The van der Waals surface area contributed by atoms with Gasteiger partial charge in [0.05, 0.1) is 0 Å². The molecule has 4 heteroatoms. The minimum absolute atomic E-state index is 0.00480. The zero-order chi connectivity index (χ0) is 13.0. The molecule has 3 nitrogen and oxygen atoms in total. The molecule has 1 fully saturated rings. The molecule has 0 spiro atoms. The predicted molar refractivity (Wildman–Crippen MR) is 73.0 cm³/mol. The maximum absolute atomic E-state index is 12.0. The van der Waals surface area contributed by atoms with Crippen molar-refractivity contribution in [3.63, 3.8) is 0 Å². The number of rotatable bonds is 3. The van der Waals surface area contributed by atoms with Crippen LogP contribution in [-0.2, 0) is 16.1 Å². The van der Waals surface area contributed by atoms with E-state index in [1.807, 2.05) is 24.3 Å². The summed E-state index contributed by atoms with van der Waals surface area (Å²) in [7, 11) is 0. The smallest absolute Gasteiger partial charge is 0.223 e. The summed E-state index contributed by atoms with van der Waals surface area (Å²) in [5.41, 5.74) is 1.07. The van der Waals surface area contributed by atoms with Gasteiger partial charge in [-0.05, 0) is 24.5 Å². The van der Waals surface area contributed by atoms with E-state index in [-0.39, 0.29) is 17.6 Å². The van der Waals surface area contributed by atoms with Gasteiger partial charge in [0.1, 0.15) is 5.78 Å². The zero-order valence-corrected chi connectivity index (χ0v) is 11.7. The third-order valence-electron chi connectivity index (χ3n) is 3.32. The fourth-order valence-corrected chi connectivity index (χ4v) is 2.60. The highest BCUT2D eigenvalue weighted by Crippen LogP contribution is 2.22. The number of carbonyl (C=O) groups is 2. The minimum Gasteiger partial charge on any atom is -0.352 e. The molecule has 0 aromatic heterocycles. The fourth-order valence-electron chi connectivity index (χ4n) is 2.17. The lowest BCUT2D eigenvalue weighted by Gasteiger charge is -2.20. The van der Waals surface area contributed by atoms with Crippen LogP contribution in [0.1, 0.15) is 31.2 Å². The van der Waals surface area contributed by atoms with Crippen molar-refractivity contribution in [3.8, 4) is 0 Å². The maximum atomic E-state index is 12.0. The van der Waals surface area contributed by atoms with Crippen LogP contribution >= 0.6 is 15.9 Å². The van der Waals surface area contributed by atoms with Gasteiger partial charge in [0, 0.05) is 29.8 Å². The molecule has 0 saturated heterocycles. The van der Waals surface area contributed by atoms with Gasteiger partial charge in [-0.3, -0.25) is 9.59 Å². The van der Waals surface area contributed by atoms with Crippen LogP contribution in [-0.4, -0.2) is 11.7 Å². The van der Waals surface area contributed by atoms with Crippen LogP contribution in [0.5, 0.6) is 0 Å². The number of halogens is 1. The summed E-state index contributed by atoms with van der Waals surface area (Å²) in [5, 5.41) is 2.94. The largest absolute Gasteiger partial charge is 0.352 e. The SMILES string of the molecule is O=C1CCC(C(=O)NCc2ccccc2Br)CC1. The second-order valence-electron chi connectivity index (χ2n) is 4.62. The van der Waals surface area contributed by atoms with E-state index in [0.29, 0.717) is 32.2 Å². The van der Waals surface area contributed by atoms with Gasteiger partial charge < -0.3 is 5.32 Å². The zero-order valence-electron chi connectivity index (χ0n) is 10.1. The van der Waals surface area contributed by atoms with Gasteiger partial charge in [0.2, 0.25) is 5.91 Å². The Morgan fingerprint density at radius 2 is 1.94 bits per heavy atom. The molecule has 1 aliphatic carbocycles. The number of amides is 1. The quantitative estimate of drug-likeness (QED) is 0.933. The van der Waals surface area contributed by atoms with Crippen molar-refractivity contribution in [2.45, 2.75) is 32.2 Å². The van der Waals surface area contributed by atoms with Crippen molar-refractivity contribution in [1.82, 2.24) is 5.32 Å². The molecule has 0 unspecified atom stereocenters. The van der Waals surface area contributed by atoms with E-state index in [1.165, 1.54) is 0 Å². The Morgan fingerprint density at radius 3 is 2.61 bits per heavy atom. The van der Waals surface area contributed by atoms with E-state index in [1.54, 1.807) is 0 Å². The van der Waals surface area contributed by atoms with Gasteiger partial charge in [-0.1, -0.05) is 34.1 Å². The molecule has 1 aliphatic rings. The number of hydrogen-bond donors (Lipinski definition) is 1. The van der Waals surface area contributed by atoms with Crippen LogP contribution in [0.3, 0.4) is 0 Å². The van der Waals surface area contributed by atoms with Gasteiger partial charge in [-0.2, -0.15) is 0 Å². The van der Waals surface area contributed by atoms with Crippen LogP contribution in [0, 0.1) is 5.92 Å². The Bertz CT molecular complexity index is 449. The van der Waals surface area contributed by atoms with Gasteiger partial charge in [0.25, 0.3) is 0 Å². The molecular weight excluding hydrogens is 294 g/mol. The summed E-state index contributed by atoms with van der Waals surface area (Å²) in [6.45, 7) is 0.532. The monoisotopic (exact) mass is 309 g/mol. The van der Waals surface area contributed by atoms with Crippen molar-refractivity contribution in [3.05, 3.63) is 34.3 Å². The average molecular weight is 310 g/mol. The lowest BCUT2D eigenvalue weighted by Crippen LogP contribution is -2.32. The number of hydrogen-bond acceptors (Lipinski definition) is 2. The summed E-state index contributed by atoms with van der Waals surface area (Å²) in [6, 6.07) is 7.84. The molecule has 1 saturated carbocycles. The molecule has 1 aromatic rings. The highest BCUT2D eigenvalue weighted by Gasteiger charge is 2.24. The van der Waals surface area contributed by atoms with Gasteiger partial charge >= 0.3 is 0 Å². The number of nitrogens with one attached hydrogen (secondary N) is 1. The lowest BCUT2D eigenvalue weighted by atomic mass is 9.88. The molecule has 96 valence electrons. The highest BCUT2D eigenvalue weighted by atomic mass is 79.9. The first-order valence-electron chi connectivity index (χ1n) is 6.19. The molecule has 1 N–H and O–H groups in total. The molecule has 0 radical (unpaired) electrons. The minimum atomic E-state index is 0.00480. The van der Waals surface area contributed by atoms with E-state index in [4.69, 9.17) is 0 Å². The Hall–Kier alpha value is -1.16. The number of Topliss-reactive ketones (excluding diaryl/α,β-unsaturated/α-hetero) is 1. The molecular formula is C14H16BrNO2. The normalized spacial score (nSPS) is 16.6.